The molecule has 1 aliphatic heterocycles. The lowest BCUT2D eigenvalue weighted by molar-refractivity contribution is 0.251. The Bertz CT molecular complexity index is 925. The van der Waals surface area contributed by atoms with Crippen molar-refractivity contribution in [2.75, 3.05) is 43.4 Å². The molecule has 7 heteroatoms. The Labute approximate surface area is 159 Å². The number of anilines is 2. The fraction of sp³-hybridized carbons (Fsp3) is 0.450. The molecule has 0 aliphatic carbocycles. The standard InChI is InChI=1S/C20H27N7/c1-15-5-3-6-17(13-15)26-11-9-25(10-12-26)7-4-8-27-14-22-18-19(21)23-16(2)24-20(18)27/h3,5-6,13-14H,4,7-12H2,1-2H3,(H2,21,23,24). The van der Waals surface area contributed by atoms with E-state index in [4.69, 9.17) is 5.73 Å². The predicted molar refractivity (Wildman–Crippen MR) is 109 cm³/mol. The number of imidazole rings is 1. The zero-order valence-electron chi connectivity index (χ0n) is 16.1. The lowest BCUT2D eigenvalue weighted by Gasteiger charge is -2.36. The number of piperazine rings is 1. The van der Waals surface area contributed by atoms with E-state index in [-0.39, 0.29) is 0 Å². The number of nitrogens with two attached hydrogens (primary N) is 1. The number of nitrogen functional groups attached to an aromatic ring is 1. The molecule has 0 spiro atoms. The van der Waals surface area contributed by atoms with Gasteiger partial charge in [0.05, 0.1) is 6.33 Å². The maximum Gasteiger partial charge on any atom is 0.165 e. The Balaban J connectivity index is 1.30. The molecule has 27 heavy (non-hydrogen) atoms. The van der Waals surface area contributed by atoms with Gasteiger partial charge in [-0.3, -0.25) is 4.90 Å². The van der Waals surface area contributed by atoms with E-state index in [9.17, 15) is 0 Å². The van der Waals surface area contributed by atoms with Crippen LogP contribution in [0.3, 0.4) is 0 Å². The number of aryl methyl sites for hydroxylation is 3. The van der Waals surface area contributed by atoms with Gasteiger partial charge in [0, 0.05) is 38.4 Å². The Morgan fingerprint density at radius 3 is 2.63 bits per heavy atom. The molecular weight excluding hydrogens is 338 g/mol. The summed E-state index contributed by atoms with van der Waals surface area (Å²) in [5.74, 6) is 1.15. The highest BCUT2D eigenvalue weighted by Gasteiger charge is 2.17. The third-order valence-electron chi connectivity index (χ3n) is 5.22. The van der Waals surface area contributed by atoms with Gasteiger partial charge in [-0.15, -0.1) is 0 Å². The molecule has 0 unspecified atom stereocenters. The largest absolute Gasteiger partial charge is 0.382 e. The Morgan fingerprint density at radius 1 is 1.04 bits per heavy atom. The molecule has 3 heterocycles. The van der Waals surface area contributed by atoms with Crippen molar-refractivity contribution in [3.05, 3.63) is 42.0 Å². The molecule has 0 atom stereocenters. The van der Waals surface area contributed by atoms with Crippen LogP contribution in [0.15, 0.2) is 30.6 Å². The van der Waals surface area contributed by atoms with Crippen LogP contribution in [0.4, 0.5) is 11.5 Å². The number of nitrogens with zero attached hydrogens (tertiary/aromatic N) is 6. The monoisotopic (exact) mass is 365 g/mol. The molecule has 1 aliphatic rings. The first-order valence-electron chi connectivity index (χ1n) is 9.59. The molecule has 1 aromatic carbocycles. The summed E-state index contributed by atoms with van der Waals surface area (Å²) >= 11 is 0. The summed E-state index contributed by atoms with van der Waals surface area (Å²) < 4.78 is 2.09. The van der Waals surface area contributed by atoms with Gasteiger partial charge >= 0.3 is 0 Å². The molecule has 142 valence electrons. The zero-order chi connectivity index (χ0) is 18.8. The van der Waals surface area contributed by atoms with Gasteiger partial charge in [0.2, 0.25) is 0 Å². The van der Waals surface area contributed by atoms with E-state index in [0.717, 1.165) is 51.3 Å². The SMILES string of the molecule is Cc1cccc(N2CCN(CCCn3cnc4c(N)nc(C)nc43)CC2)c1. The van der Waals surface area contributed by atoms with E-state index in [1.54, 1.807) is 0 Å². The highest BCUT2D eigenvalue weighted by Crippen LogP contribution is 2.19. The number of rotatable bonds is 5. The molecule has 3 aromatic rings. The summed E-state index contributed by atoms with van der Waals surface area (Å²) in [7, 11) is 0. The first-order chi connectivity index (χ1) is 13.1. The van der Waals surface area contributed by atoms with Crippen molar-refractivity contribution in [1.82, 2.24) is 24.4 Å². The van der Waals surface area contributed by atoms with Crippen LogP contribution in [0.5, 0.6) is 0 Å². The maximum absolute atomic E-state index is 5.95. The summed E-state index contributed by atoms with van der Waals surface area (Å²) in [6.07, 6.45) is 2.89. The number of fused-ring (bicyclic) bond motifs is 1. The highest BCUT2D eigenvalue weighted by molar-refractivity contribution is 5.81. The van der Waals surface area contributed by atoms with Crippen molar-refractivity contribution in [3.63, 3.8) is 0 Å². The van der Waals surface area contributed by atoms with Crippen molar-refractivity contribution < 1.29 is 0 Å². The van der Waals surface area contributed by atoms with Crippen molar-refractivity contribution in [3.8, 4) is 0 Å². The van der Waals surface area contributed by atoms with Gasteiger partial charge in [0.1, 0.15) is 11.3 Å². The molecular formula is C20H27N7. The lowest BCUT2D eigenvalue weighted by Crippen LogP contribution is -2.46. The van der Waals surface area contributed by atoms with Gasteiger partial charge in [-0.05, 0) is 44.5 Å². The number of hydrogen-bond acceptors (Lipinski definition) is 6. The van der Waals surface area contributed by atoms with Crippen LogP contribution >= 0.6 is 0 Å². The number of benzene rings is 1. The average molecular weight is 365 g/mol. The van der Waals surface area contributed by atoms with Crippen molar-refractivity contribution >= 4 is 22.7 Å². The summed E-state index contributed by atoms with van der Waals surface area (Å²) in [6.45, 7) is 10.4. The zero-order valence-corrected chi connectivity index (χ0v) is 16.1. The van der Waals surface area contributed by atoms with Gasteiger partial charge in [-0.25, -0.2) is 15.0 Å². The normalized spacial score (nSPS) is 15.6. The lowest BCUT2D eigenvalue weighted by atomic mass is 10.2. The first kappa shape index (κ1) is 17.7. The van der Waals surface area contributed by atoms with Crippen LogP contribution < -0.4 is 10.6 Å². The molecule has 2 N–H and O–H groups in total. The van der Waals surface area contributed by atoms with Gasteiger partial charge in [-0.1, -0.05) is 12.1 Å². The predicted octanol–water partition coefficient (Wildman–Crippen LogP) is 2.24. The summed E-state index contributed by atoms with van der Waals surface area (Å²) in [6, 6.07) is 8.78. The molecule has 0 amide bonds. The quantitative estimate of drug-likeness (QED) is 0.747. The second kappa shape index (κ2) is 7.52. The van der Waals surface area contributed by atoms with Crippen LogP contribution in [0.1, 0.15) is 17.8 Å². The molecule has 0 radical (unpaired) electrons. The summed E-state index contributed by atoms with van der Waals surface area (Å²) in [5, 5.41) is 0. The summed E-state index contributed by atoms with van der Waals surface area (Å²) in [4.78, 5) is 18.1. The highest BCUT2D eigenvalue weighted by atomic mass is 15.3. The van der Waals surface area contributed by atoms with E-state index in [0.29, 0.717) is 17.2 Å². The molecule has 0 saturated carbocycles. The van der Waals surface area contributed by atoms with Gasteiger partial charge in [-0.2, -0.15) is 0 Å². The second-order valence-corrected chi connectivity index (χ2v) is 7.29. The van der Waals surface area contributed by atoms with E-state index in [1.807, 2.05) is 13.3 Å². The molecule has 7 nitrogen and oxygen atoms in total. The third-order valence-corrected chi connectivity index (χ3v) is 5.22. The van der Waals surface area contributed by atoms with Crippen LogP contribution in [0.2, 0.25) is 0 Å². The van der Waals surface area contributed by atoms with Crippen LogP contribution in [0, 0.1) is 13.8 Å². The van der Waals surface area contributed by atoms with Crippen LogP contribution in [-0.2, 0) is 6.54 Å². The second-order valence-electron chi connectivity index (χ2n) is 7.29. The fourth-order valence-electron chi connectivity index (χ4n) is 3.76. The first-order valence-corrected chi connectivity index (χ1v) is 9.59. The Kier molecular flexibility index (Phi) is 4.94. The molecule has 1 saturated heterocycles. The van der Waals surface area contributed by atoms with E-state index < -0.39 is 0 Å². The van der Waals surface area contributed by atoms with Gasteiger partial charge in [0.15, 0.2) is 11.5 Å². The van der Waals surface area contributed by atoms with E-state index >= 15 is 0 Å². The Morgan fingerprint density at radius 2 is 1.85 bits per heavy atom. The maximum atomic E-state index is 5.95. The average Bonchev–Trinajstić information content (AvgIpc) is 3.05. The topological polar surface area (TPSA) is 76.1 Å². The van der Waals surface area contributed by atoms with Crippen LogP contribution in [0.25, 0.3) is 11.2 Å². The third kappa shape index (κ3) is 3.88. The molecule has 0 bridgehead atoms. The molecule has 4 rings (SSSR count). The van der Waals surface area contributed by atoms with Gasteiger partial charge in [0.25, 0.3) is 0 Å². The van der Waals surface area contributed by atoms with Gasteiger partial charge < -0.3 is 15.2 Å². The van der Waals surface area contributed by atoms with Crippen molar-refractivity contribution in [1.29, 1.82) is 0 Å². The minimum absolute atomic E-state index is 0.462. The minimum atomic E-state index is 0.462. The number of hydrogen-bond donors (Lipinski definition) is 1. The fourth-order valence-corrected chi connectivity index (χ4v) is 3.76. The van der Waals surface area contributed by atoms with Crippen LogP contribution in [-0.4, -0.2) is 57.1 Å². The molecule has 1 fully saturated rings. The Hall–Kier alpha value is -2.67. The van der Waals surface area contributed by atoms with E-state index in [1.165, 1.54) is 11.3 Å². The van der Waals surface area contributed by atoms with E-state index in [2.05, 4.69) is 60.5 Å². The van der Waals surface area contributed by atoms with Crippen molar-refractivity contribution in [2.24, 2.45) is 0 Å². The number of aromatic nitrogens is 4. The smallest absolute Gasteiger partial charge is 0.165 e. The minimum Gasteiger partial charge on any atom is -0.382 e. The van der Waals surface area contributed by atoms with Crippen molar-refractivity contribution in [2.45, 2.75) is 26.8 Å². The molecule has 2 aromatic heterocycles. The summed E-state index contributed by atoms with van der Waals surface area (Å²) in [5.41, 5.74) is 10.1.